The lowest BCUT2D eigenvalue weighted by molar-refractivity contribution is -0.0406. The standard InChI is InChI=1S/C15H29NO2/c1-2-14-6-4-3-5-9-16(14)12-15(13-17)7-10-18-11-8-15/h14,17H,2-13H2,1H3. The van der Waals surface area contributed by atoms with E-state index in [-0.39, 0.29) is 5.41 Å². The van der Waals surface area contributed by atoms with Crippen LogP contribution in [0.25, 0.3) is 0 Å². The molecule has 2 heterocycles. The maximum atomic E-state index is 9.82. The SMILES string of the molecule is CCC1CCCCCN1CC1(CO)CCOCC1. The average Bonchev–Trinajstić information content (AvgIpc) is 2.65. The van der Waals surface area contributed by atoms with Gasteiger partial charge in [0, 0.05) is 31.2 Å². The Bertz CT molecular complexity index is 239. The summed E-state index contributed by atoms with van der Waals surface area (Å²) in [6.07, 6.45) is 8.72. The van der Waals surface area contributed by atoms with Gasteiger partial charge in [-0.1, -0.05) is 19.8 Å². The normalized spacial score (nSPS) is 30.0. The molecule has 3 heteroatoms. The fourth-order valence-corrected chi connectivity index (χ4v) is 3.51. The van der Waals surface area contributed by atoms with E-state index in [9.17, 15) is 5.11 Å². The van der Waals surface area contributed by atoms with E-state index in [4.69, 9.17) is 4.74 Å². The smallest absolute Gasteiger partial charge is 0.0501 e. The summed E-state index contributed by atoms with van der Waals surface area (Å²) in [6.45, 7) is 6.57. The van der Waals surface area contributed by atoms with E-state index in [1.165, 1.54) is 38.6 Å². The third-order valence-corrected chi connectivity index (χ3v) is 4.90. The molecular weight excluding hydrogens is 226 g/mol. The molecule has 0 aromatic carbocycles. The van der Waals surface area contributed by atoms with E-state index in [1.54, 1.807) is 0 Å². The second kappa shape index (κ2) is 6.88. The molecule has 1 N–H and O–H groups in total. The Kier molecular flexibility index (Phi) is 5.46. The third kappa shape index (κ3) is 3.46. The molecule has 0 spiro atoms. The summed E-state index contributed by atoms with van der Waals surface area (Å²) in [5.41, 5.74) is 0.107. The van der Waals surface area contributed by atoms with Crippen molar-refractivity contribution in [2.24, 2.45) is 5.41 Å². The predicted octanol–water partition coefficient (Wildman–Crippen LogP) is 2.43. The first-order valence-electron chi connectivity index (χ1n) is 7.72. The van der Waals surface area contributed by atoms with Crippen molar-refractivity contribution in [3.8, 4) is 0 Å². The first kappa shape index (κ1) is 14.3. The Morgan fingerprint density at radius 2 is 2.00 bits per heavy atom. The molecule has 2 fully saturated rings. The first-order chi connectivity index (χ1) is 8.79. The molecule has 0 saturated carbocycles. The van der Waals surface area contributed by atoms with E-state index in [2.05, 4.69) is 11.8 Å². The maximum absolute atomic E-state index is 9.82. The highest BCUT2D eigenvalue weighted by atomic mass is 16.5. The van der Waals surface area contributed by atoms with Gasteiger partial charge in [-0.25, -0.2) is 0 Å². The minimum absolute atomic E-state index is 0.107. The quantitative estimate of drug-likeness (QED) is 0.837. The molecule has 2 aliphatic heterocycles. The van der Waals surface area contributed by atoms with E-state index in [0.717, 1.165) is 38.6 Å². The number of ether oxygens (including phenoxy) is 1. The van der Waals surface area contributed by atoms with E-state index < -0.39 is 0 Å². The molecular formula is C15H29NO2. The van der Waals surface area contributed by atoms with Crippen molar-refractivity contribution in [3.63, 3.8) is 0 Å². The van der Waals surface area contributed by atoms with Gasteiger partial charge in [0.25, 0.3) is 0 Å². The summed E-state index contributed by atoms with van der Waals surface area (Å²) in [6, 6.07) is 0.735. The highest BCUT2D eigenvalue weighted by Crippen LogP contribution is 2.33. The number of hydrogen-bond donors (Lipinski definition) is 1. The summed E-state index contributed by atoms with van der Waals surface area (Å²) in [5, 5.41) is 9.82. The Balaban J connectivity index is 1.99. The number of rotatable bonds is 4. The molecule has 0 bridgehead atoms. The molecule has 2 rings (SSSR count). The molecule has 1 unspecified atom stereocenters. The monoisotopic (exact) mass is 255 g/mol. The molecule has 0 aromatic rings. The number of aliphatic hydroxyl groups is 1. The van der Waals surface area contributed by atoms with Crippen molar-refractivity contribution in [1.29, 1.82) is 0 Å². The van der Waals surface area contributed by atoms with Crippen molar-refractivity contribution in [3.05, 3.63) is 0 Å². The number of likely N-dealkylation sites (tertiary alicyclic amines) is 1. The average molecular weight is 255 g/mol. The molecule has 2 aliphatic rings. The first-order valence-corrected chi connectivity index (χ1v) is 7.72. The maximum Gasteiger partial charge on any atom is 0.0501 e. The number of nitrogens with zero attached hydrogens (tertiary/aromatic N) is 1. The third-order valence-electron chi connectivity index (χ3n) is 4.90. The molecule has 0 amide bonds. The van der Waals surface area contributed by atoms with Crippen LogP contribution >= 0.6 is 0 Å². The van der Waals surface area contributed by atoms with Crippen molar-refractivity contribution in [2.45, 2.75) is 57.9 Å². The van der Waals surface area contributed by atoms with Gasteiger partial charge in [0.05, 0.1) is 6.61 Å². The Morgan fingerprint density at radius 3 is 2.67 bits per heavy atom. The van der Waals surface area contributed by atoms with Crippen LogP contribution in [0.3, 0.4) is 0 Å². The van der Waals surface area contributed by atoms with Crippen LogP contribution in [0.1, 0.15) is 51.9 Å². The highest BCUT2D eigenvalue weighted by molar-refractivity contribution is 4.87. The lowest BCUT2D eigenvalue weighted by atomic mass is 9.80. The van der Waals surface area contributed by atoms with Crippen LogP contribution in [0.2, 0.25) is 0 Å². The van der Waals surface area contributed by atoms with Gasteiger partial charge >= 0.3 is 0 Å². The van der Waals surface area contributed by atoms with Crippen LogP contribution in [0.15, 0.2) is 0 Å². The Hall–Kier alpha value is -0.120. The lowest BCUT2D eigenvalue weighted by Crippen LogP contribution is -2.47. The van der Waals surface area contributed by atoms with E-state index >= 15 is 0 Å². The molecule has 3 nitrogen and oxygen atoms in total. The topological polar surface area (TPSA) is 32.7 Å². The minimum Gasteiger partial charge on any atom is -0.396 e. The minimum atomic E-state index is 0.107. The molecule has 0 aromatic heterocycles. The molecule has 106 valence electrons. The molecule has 0 radical (unpaired) electrons. The van der Waals surface area contributed by atoms with Gasteiger partial charge in [0.1, 0.15) is 0 Å². The van der Waals surface area contributed by atoms with Crippen LogP contribution in [0, 0.1) is 5.41 Å². The van der Waals surface area contributed by atoms with Gasteiger partial charge in [-0.05, 0) is 38.6 Å². The fourth-order valence-electron chi connectivity index (χ4n) is 3.51. The zero-order valence-electron chi connectivity index (χ0n) is 11.9. The summed E-state index contributed by atoms with van der Waals surface area (Å²) >= 11 is 0. The number of aliphatic hydroxyl groups excluding tert-OH is 1. The molecule has 2 saturated heterocycles. The summed E-state index contributed by atoms with van der Waals surface area (Å²) < 4.78 is 5.46. The summed E-state index contributed by atoms with van der Waals surface area (Å²) in [7, 11) is 0. The van der Waals surface area contributed by atoms with Gasteiger partial charge in [0.2, 0.25) is 0 Å². The Labute approximate surface area is 112 Å². The van der Waals surface area contributed by atoms with E-state index in [0.29, 0.717) is 6.61 Å². The highest BCUT2D eigenvalue weighted by Gasteiger charge is 2.35. The van der Waals surface area contributed by atoms with Gasteiger partial charge in [-0.2, -0.15) is 0 Å². The summed E-state index contributed by atoms with van der Waals surface area (Å²) in [5.74, 6) is 0. The summed E-state index contributed by atoms with van der Waals surface area (Å²) in [4.78, 5) is 2.66. The van der Waals surface area contributed by atoms with Crippen molar-refractivity contribution in [1.82, 2.24) is 4.90 Å². The van der Waals surface area contributed by atoms with Crippen LogP contribution < -0.4 is 0 Å². The second-order valence-corrected chi connectivity index (χ2v) is 6.15. The van der Waals surface area contributed by atoms with Gasteiger partial charge in [-0.15, -0.1) is 0 Å². The van der Waals surface area contributed by atoms with Crippen molar-refractivity contribution in [2.75, 3.05) is 32.9 Å². The zero-order chi connectivity index (χ0) is 12.8. The molecule has 18 heavy (non-hydrogen) atoms. The second-order valence-electron chi connectivity index (χ2n) is 6.15. The molecule has 0 aliphatic carbocycles. The lowest BCUT2D eigenvalue weighted by Gasteiger charge is -2.42. The number of hydrogen-bond acceptors (Lipinski definition) is 3. The van der Waals surface area contributed by atoms with Crippen molar-refractivity contribution < 1.29 is 9.84 Å². The fraction of sp³-hybridized carbons (Fsp3) is 1.00. The van der Waals surface area contributed by atoms with Gasteiger partial charge in [-0.3, -0.25) is 4.90 Å². The van der Waals surface area contributed by atoms with Gasteiger partial charge < -0.3 is 9.84 Å². The zero-order valence-corrected chi connectivity index (χ0v) is 11.9. The van der Waals surface area contributed by atoms with Crippen LogP contribution in [0.4, 0.5) is 0 Å². The van der Waals surface area contributed by atoms with Crippen LogP contribution in [-0.4, -0.2) is 49.0 Å². The molecule has 1 atom stereocenters. The van der Waals surface area contributed by atoms with Crippen molar-refractivity contribution >= 4 is 0 Å². The Morgan fingerprint density at radius 1 is 1.22 bits per heavy atom. The predicted molar refractivity (Wildman–Crippen MR) is 73.7 cm³/mol. The van der Waals surface area contributed by atoms with Crippen LogP contribution in [-0.2, 0) is 4.74 Å². The van der Waals surface area contributed by atoms with Gasteiger partial charge in [0.15, 0.2) is 0 Å². The van der Waals surface area contributed by atoms with E-state index in [1.807, 2.05) is 0 Å². The largest absolute Gasteiger partial charge is 0.396 e. The van der Waals surface area contributed by atoms with Crippen LogP contribution in [0.5, 0.6) is 0 Å².